The maximum Gasteiger partial charge on any atom is 0.269 e. The molecule has 4 rings (SSSR count). The first kappa shape index (κ1) is 21.9. The zero-order valence-corrected chi connectivity index (χ0v) is 17.9. The molecular formula is C24H23N5O4. The van der Waals surface area contributed by atoms with Crippen LogP contribution in [-0.2, 0) is 19.6 Å². The van der Waals surface area contributed by atoms with Gasteiger partial charge in [-0.3, -0.25) is 14.8 Å². The van der Waals surface area contributed by atoms with Crippen molar-refractivity contribution in [3.05, 3.63) is 100 Å². The number of rotatable bonds is 11. The van der Waals surface area contributed by atoms with Crippen LogP contribution in [0, 0.1) is 10.1 Å². The van der Waals surface area contributed by atoms with E-state index < -0.39 is 4.92 Å². The van der Waals surface area contributed by atoms with Crippen LogP contribution >= 0.6 is 0 Å². The second-order valence-corrected chi connectivity index (χ2v) is 7.41. The molecule has 0 atom stereocenters. The normalized spacial score (nSPS) is 11.2. The summed E-state index contributed by atoms with van der Waals surface area (Å²) in [5, 5.41) is 18.5. The number of hydrogen-bond donors (Lipinski definition) is 0. The number of unbranched alkanes of at least 4 members (excludes halogenated alkanes) is 1. The highest BCUT2D eigenvalue weighted by Crippen LogP contribution is 2.17. The van der Waals surface area contributed by atoms with Crippen LogP contribution in [0.5, 0.6) is 5.75 Å². The van der Waals surface area contributed by atoms with Crippen LogP contribution < -0.4 is 4.74 Å². The fourth-order valence-electron chi connectivity index (χ4n) is 3.20. The van der Waals surface area contributed by atoms with Crippen molar-refractivity contribution in [1.29, 1.82) is 0 Å². The number of oxazole rings is 1. The number of hydrogen-bond acceptors (Lipinski definition) is 7. The molecule has 0 aliphatic heterocycles. The lowest BCUT2D eigenvalue weighted by Crippen LogP contribution is -1.99. The van der Waals surface area contributed by atoms with Crippen molar-refractivity contribution in [2.45, 2.75) is 32.4 Å². The van der Waals surface area contributed by atoms with Crippen LogP contribution in [0.25, 0.3) is 12.2 Å². The molecule has 9 heteroatoms. The molecule has 9 nitrogen and oxygen atoms in total. The van der Waals surface area contributed by atoms with Crippen molar-refractivity contribution < 1.29 is 14.1 Å². The Morgan fingerprint density at radius 2 is 1.88 bits per heavy atom. The molecule has 0 unspecified atom stereocenters. The fraction of sp³-hybridized carbons (Fsp3) is 0.208. The number of nitro benzene ring substituents is 1. The number of non-ortho nitro benzene ring substituents is 1. The van der Waals surface area contributed by atoms with E-state index in [0.29, 0.717) is 18.2 Å². The topological polar surface area (TPSA) is 109 Å². The minimum atomic E-state index is -0.427. The summed E-state index contributed by atoms with van der Waals surface area (Å²) >= 11 is 0. The molecule has 0 fully saturated rings. The van der Waals surface area contributed by atoms with Gasteiger partial charge in [0.2, 0.25) is 5.89 Å². The van der Waals surface area contributed by atoms with E-state index in [1.54, 1.807) is 36.7 Å². The second-order valence-electron chi connectivity index (χ2n) is 7.41. The molecule has 168 valence electrons. The summed E-state index contributed by atoms with van der Waals surface area (Å²) in [6.07, 6.45) is 11.7. The number of ether oxygens (including phenoxy) is 1. The quantitative estimate of drug-likeness (QED) is 0.183. The predicted molar refractivity (Wildman–Crippen MR) is 122 cm³/mol. The summed E-state index contributed by atoms with van der Waals surface area (Å²) in [6.45, 7) is 1.18. The van der Waals surface area contributed by atoms with Crippen LogP contribution in [0.15, 0.2) is 71.6 Å². The van der Waals surface area contributed by atoms with Gasteiger partial charge in [-0.2, -0.15) is 0 Å². The highest BCUT2D eigenvalue weighted by atomic mass is 16.6. The lowest BCUT2D eigenvalue weighted by molar-refractivity contribution is -0.384. The monoisotopic (exact) mass is 445 g/mol. The molecule has 2 heterocycles. The van der Waals surface area contributed by atoms with Gasteiger partial charge in [-0.1, -0.05) is 17.3 Å². The molecule has 4 aromatic rings. The third kappa shape index (κ3) is 6.60. The third-order valence-corrected chi connectivity index (χ3v) is 4.98. The average Bonchev–Trinajstić information content (AvgIpc) is 3.52. The standard InChI is InChI=1S/C24H23N5O4/c30-29(31)22-9-4-20(5-10-22)8-13-24-26-21(18-33-24)17-32-23-11-6-19(7-12-23)3-1-2-15-28-16-14-25-27-28/h4-14,16,18H,1-3,15,17H2. The molecule has 0 spiro atoms. The number of nitro groups is 1. The van der Waals surface area contributed by atoms with Gasteiger partial charge in [-0.25, -0.2) is 4.98 Å². The smallest absolute Gasteiger partial charge is 0.269 e. The van der Waals surface area contributed by atoms with Gasteiger partial charge in [-0.05, 0) is 60.7 Å². The van der Waals surface area contributed by atoms with Crippen molar-refractivity contribution in [2.24, 2.45) is 0 Å². The van der Waals surface area contributed by atoms with Crippen LogP contribution in [0.1, 0.15) is 35.6 Å². The first-order valence-electron chi connectivity index (χ1n) is 10.6. The largest absolute Gasteiger partial charge is 0.487 e. The van der Waals surface area contributed by atoms with E-state index in [-0.39, 0.29) is 5.69 Å². The third-order valence-electron chi connectivity index (χ3n) is 4.98. The molecule has 2 aromatic heterocycles. The van der Waals surface area contributed by atoms with Gasteiger partial charge in [-0.15, -0.1) is 5.10 Å². The Morgan fingerprint density at radius 3 is 2.61 bits per heavy atom. The number of benzene rings is 2. The van der Waals surface area contributed by atoms with Crippen molar-refractivity contribution in [3.63, 3.8) is 0 Å². The molecule has 0 N–H and O–H groups in total. The highest BCUT2D eigenvalue weighted by Gasteiger charge is 2.05. The van der Waals surface area contributed by atoms with Crippen LogP contribution in [0.4, 0.5) is 5.69 Å². The summed E-state index contributed by atoms with van der Waals surface area (Å²) in [4.78, 5) is 14.7. The molecule has 2 aromatic carbocycles. The molecule has 0 saturated heterocycles. The molecule has 0 aliphatic carbocycles. The Hall–Kier alpha value is -4.27. The minimum Gasteiger partial charge on any atom is -0.487 e. The zero-order valence-electron chi connectivity index (χ0n) is 17.9. The van der Waals surface area contributed by atoms with E-state index in [1.165, 1.54) is 17.7 Å². The van der Waals surface area contributed by atoms with Gasteiger partial charge in [0.1, 0.15) is 24.3 Å². The minimum absolute atomic E-state index is 0.0545. The van der Waals surface area contributed by atoms with E-state index in [1.807, 2.05) is 23.0 Å². The Labute approximate surface area is 190 Å². The average molecular weight is 445 g/mol. The highest BCUT2D eigenvalue weighted by molar-refractivity contribution is 5.66. The van der Waals surface area contributed by atoms with Gasteiger partial charge in [0.15, 0.2) is 0 Å². The van der Waals surface area contributed by atoms with E-state index in [4.69, 9.17) is 9.15 Å². The van der Waals surface area contributed by atoms with E-state index in [0.717, 1.165) is 37.1 Å². The molecule has 0 bridgehead atoms. The lowest BCUT2D eigenvalue weighted by Gasteiger charge is -2.06. The molecular weight excluding hydrogens is 422 g/mol. The van der Waals surface area contributed by atoms with Gasteiger partial charge in [0.05, 0.1) is 11.1 Å². The summed E-state index contributed by atoms with van der Waals surface area (Å²) in [7, 11) is 0. The summed E-state index contributed by atoms with van der Waals surface area (Å²) in [5.74, 6) is 1.21. The van der Waals surface area contributed by atoms with Gasteiger partial charge >= 0.3 is 0 Å². The number of aromatic nitrogens is 4. The maximum atomic E-state index is 10.7. The summed E-state index contributed by atoms with van der Waals surface area (Å²) in [6, 6.07) is 14.3. The van der Waals surface area contributed by atoms with E-state index in [9.17, 15) is 10.1 Å². The molecule has 0 amide bonds. The Morgan fingerprint density at radius 1 is 1.06 bits per heavy atom. The van der Waals surface area contributed by atoms with Crippen molar-refractivity contribution in [3.8, 4) is 5.75 Å². The molecule has 0 aliphatic rings. The number of nitrogens with zero attached hydrogens (tertiary/aromatic N) is 5. The molecule has 0 radical (unpaired) electrons. The summed E-state index contributed by atoms with van der Waals surface area (Å²) < 4.78 is 13.1. The molecule has 0 saturated carbocycles. The first-order chi connectivity index (χ1) is 16.2. The fourth-order valence-corrected chi connectivity index (χ4v) is 3.20. The zero-order chi connectivity index (χ0) is 22.9. The Balaban J connectivity index is 1.21. The van der Waals surface area contributed by atoms with Crippen molar-refractivity contribution >= 4 is 17.8 Å². The first-order valence-corrected chi connectivity index (χ1v) is 10.6. The van der Waals surface area contributed by atoms with Crippen LogP contribution in [0.3, 0.4) is 0 Å². The summed E-state index contributed by atoms with van der Waals surface area (Å²) in [5.41, 5.74) is 2.81. The van der Waals surface area contributed by atoms with Crippen molar-refractivity contribution in [1.82, 2.24) is 20.0 Å². The maximum absolute atomic E-state index is 10.7. The van der Waals surface area contributed by atoms with Crippen LogP contribution in [0.2, 0.25) is 0 Å². The van der Waals surface area contributed by atoms with Gasteiger partial charge in [0, 0.05) is 31.0 Å². The Kier molecular flexibility index (Phi) is 7.22. The lowest BCUT2D eigenvalue weighted by atomic mass is 10.1. The Bertz CT molecular complexity index is 1180. The van der Waals surface area contributed by atoms with Gasteiger partial charge in [0.25, 0.3) is 5.69 Å². The number of aryl methyl sites for hydroxylation is 2. The molecule has 33 heavy (non-hydrogen) atoms. The van der Waals surface area contributed by atoms with E-state index in [2.05, 4.69) is 27.4 Å². The van der Waals surface area contributed by atoms with Gasteiger partial charge < -0.3 is 9.15 Å². The SMILES string of the molecule is O=[N+]([O-])c1ccc(C=Cc2nc(COc3ccc(CCCCn4ccnn4)cc3)co2)cc1. The second kappa shape index (κ2) is 10.9. The van der Waals surface area contributed by atoms with Crippen molar-refractivity contribution in [2.75, 3.05) is 0 Å². The predicted octanol–water partition coefficient (Wildman–Crippen LogP) is 4.95. The van der Waals surface area contributed by atoms with E-state index >= 15 is 0 Å². The van der Waals surface area contributed by atoms with Crippen LogP contribution in [-0.4, -0.2) is 24.9 Å².